The number of ether oxygens (including phenoxy) is 3. The van der Waals surface area contributed by atoms with Gasteiger partial charge in [-0.1, -0.05) is 12.1 Å². The standard InChI is InChI=1S/C23H23ClN2O5S/c1-11-10-32-23(25-11)26-18(13-5-4-6-16(29-2)20(13)30-3)17-19(27)14-9-12(24)7-8-15(14)31-21(17)22(26)28/h4-6,10,12,14-15,18H,7-9H2,1-3H3. The van der Waals surface area contributed by atoms with Crippen molar-refractivity contribution in [2.45, 2.75) is 43.7 Å². The summed E-state index contributed by atoms with van der Waals surface area (Å²) in [6.45, 7) is 1.87. The van der Waals surface area contributed by atoms with Crippen LogP contribution >= 0.6 is 22.9 Å². The number of amides is 1. The summed E-state index contributed by atoms with van der Waals surface area (Å²) in [7, 11) is 3.09. The number of thiazole rings is 1. The number of rotatable bonds is 4. The van der Waals surface area contributed by atoms with E-state index >= 15 is 0 Å². The van der Waals surface area contributed by atoms with Crippen LogP contribution in [0.1, 0.15) is 36.6 Å². The van der Waals surface area contributed by atoms with E-state index in [1.54, 1.807) is 25.2 Å². The number of nitrogens with zero attached hydrogens (tertiary/aromatic N) is 2. The van der Waals surface area contributed by atoms with E-state index in [0.717, 1.165) is 12.1 Å². The molecule has 4 unspecified atom stereocenters. The number of halogens is 1. The number of alkyl halides is 1. The van der Waals surface area contributed by atoms with E-state index in [4.69, 9.17) is 25.8 Å². The molecule has 3 heterocycles. The molecule has 0 spiro atoms. The van der Waals surface area contributed by atoms with Crippen molar-refractivity contribution in [3.05, 3.63) is 46.2 Å². The van der Waals surface area contributed by atoms with E-state index in [2.05, 4.69) is 4.98 Å². The molecule has 5 rings (SSSR count). The molecular formula is C23H23ClN2O5S. The number of benzene rings is 1. The third-order valence-electron chi connectivity index (χ3n) is 6.32. The summed E-state index contributed by atoms with van der Waals surface area (Å²) < 4.78 is 17.3. The molecule has 1 aliphatic carbocycles. The number of para-hydroxylation sites is 1. The van der Waals surface area contributed by atoms with Crippen molar-refractivity contribution in [3.63, 3.8) is 0 Å². The predicted molar refractivity (Wildman–Crippen MR) is 121 cm³/mol. The van der Waals surface area contributed by atoms with Crippen molar-refractivity contribution < 1.29 is 23.8 Å². The first-order valence-electron chi connectivity index (χ1n) is 10.5. The van der Waals surface area contributed by atoms with Gasteiger partial charge >= 0.3 is 0 Å². The fourth-order valence-corrected chi connectivity index (χ4v) is 6.03. The first-order chi connectivity index (χ1) is 15.4. The van der Waals surface area contributed by atoms with Crippen molar-refractivity contribution >= 4 is 39.8 Å². The maximum absolute atomic E-state index is 13.8. The highest BCUT2D eigenvalue weighted by molar-refractivity contribution is 7.14. The summed E-state index contributed by atoms with van der Waals surface area (Å²) >= 11 is 7.75. The largest absolute Gasteiger partial charge is 0.493 e. The number of carbonyl (C=O) groups is 2. The number of aromatic nitrogens is 1. The Morgan fingerprint density at radius 2 is 2.03 bits per heavy atom. The van der Waals surface area contributed by atoms with Crippen LogP contribution < -0.4 is 14.4 Å². The van der Waals surface area contributed by atoms with E-state index in [1.165, 1.54) is 11.3 Å². The summed E-state index contributed by atoms with van der Waals surface area (Å²) in [4.78, 5) is 33.5. The lowest BCUT2D eigenvalue weighted by atomic mass is 9.77. The molecule has 0 bridgehead atoms. The zero-order valence-corrected chi connectivity index (χ0v) is 19.5. The highest BCUT2D eigenvalue weighted by atomic mass is 35.5. The number of fused-ring (bicyclic) bond motifs is 1. The van der Waals surface area contributed by atoms with Crippen LogP contribution in [0, 0.1) is 12.8 Å². The Hall–Kier alpha value is -2.58. The summed E-state index contributed by atoms with van der Waals surface area (Å²) in [5.41, 5.74) is 1.79. The van der Waals surface area contributed by atoms with Gasteiger partial charge in [0.1, 0.15) is 12.1 Å². The number of hydrogen-bond donors (Lipinski definition) is 0. The van der Waals surface area contributed by atoms with Gasteiger partial charge in [-0.25, -0.2) is 4.98 Å². The second kappa shape index (κ2) is 8.08. The van der Waals surface area contributed by atoms with Gasteiger partial charge in [-0.15, -0.1) is 22.9 Å². The molecular weight excluding hydrogens is 452 g/mol. The molecule has 4 atom stereocenters. The van der Waals surface area contributed by atoms with Crippen LogP contribution in [0.15, 0.2) is 34.9 Å². The molecule has 1 amide bonds. The maximum Gasteiger partial charge on any atom is 0.296 e. The normalized spacial score (nSPS) is 27.2. The Labute approximate surface area is 194 Å². The van der Waals surface area contributed by atoms with E-state index in [0.29, 0.717) is 40.6 Å². The van der Waals surface area contributed by atoms with Crippen LogP contribution in [0.25, 0.3) is 0 Å². The van der Waals surface area contributed by atoms with Crippen molar-refractivity contribution in [1.82, 2.24) is 4.98 Å². The van der Waals surface area contributed by atoms with Gasteiger partial charge in [0.15, 0.2) is 28.2 Å². The molecule has 32 heavy (non-hydrogen) atoms. The third-order valence-corrected chi connectivity index (χ3v) is 7.68. The molecule has 1 aromatic heterocycles. The maximum atomic E-state index is 13.8. The second-order valence-corrected chi connectivity index (χ2v) is 9.67. The van der Waals surface area contributed by atoms with E-state index < -0.39 is 6.04 Å². The lowest BCUT2D eigenvalue weighted by Gasteiger charge is -2.37. The fourth-order valence-electron chi connectivity index (χ4n) is 4.89. The Balaban J connectivity index is 1.70. The number of aryl methyl sites for hydroxylation is 1. The number of carbonyl (C=O) groups excluding carboxylic acids is 2. The minimum Gasteiger partial charge on any atom is -0.493 e. The zero-order valence-electron chi connectivity index (χ0n) is 18.0. The topological polar surface area (TPSA) is 78.0 Å². The Morgan fingerprint density at radius 1 is 1.22 bits per heavy atom. The quantitative estimate of drug-likeness (QED) is 0.618. The summed E-state index contributed by atoms with van der Waals surface area (Å²) in [5, 5.41) is 2.30. The number of methoxy groups -OCH3 is 2. The minimum absolute atomic E-state index is 0.0782. The van der Waals surface area contributed by atoms with E-state index in [-0.39, 0.29) is 34.8 Å². The Bertz CT molecular complexity index is 1130. The average molecular weight is 475 g/mol. The van der Waals surface area contributed by atoms with Gasteiger partial charge in [-0.2, -0.15) is 0 Å². The molecule has 0 N–H and O–H groups in total. The monoisotopic (exact) mass is 474 g/mol. The Morgan fingerprint density at radius 3 is 2.72 bits per heavy atom. The van der Waals surface area contributed by atoms with E-state index in [1.807, 2.05) is 24.4 Å². The lowest BCUT2D eigenvalue weighted by Crippen LogP contribution is -2.41. The summed E-state index contributed by atoms with van der Waals surface area (Å²) in [5.74, 6) is 0.294. The molecule has 1 aromatic carbocycles. The van der Waals surface area contributed by atoms with Crippen molar-refractivity contribution in [2.24, 2.45) is 5.92 Å². The molecule has 168 valence electrons. The molecule has 0 radical (unpaired) electrons. The molecule has 1 fully saturated rings. The van der Waals surface area contributed by atoms with Crippen LogP contribution in [0.5, 0.6) is 11.5 Å². The minimum atomic E-state index is -0.725. The van der Waals surface area contributed by atoms with Gasteiger partial charge in [0.2, 0.25) is 0 Å². The lowest BCUT2D eigenvalue weighted by molar-refractivity contribution is -0.131. The summed E-state index contributed by atoms with van der Waals surface area (Å²) in [6.07, 6.45) is 1.62. The molecule has 2 aliphatic heterocycles. The summed E-state index contributed by atoms with van der Waals surface area (Å²) in [6, 6.07) is 4.71. The molecule has 2 aromatic rings. The number of ketones is 1. The average Bonchev–Trinajstić information content (AvgIpc) is 3.34. The number of Topliss-reactive ketones (excluding diaryl/α,β-unsaturated/α-hetero) is 1. The molecule has 1 saturated carbocycles. The van der Waals surface area contributed by atoms with Crippen LogP contribution in [-0.4, -0.2) is 42.4 Å². The van der Waals surface area contributed by atoms with Gasteiger partial charge in [-0.05, 0) is 32.3 Å². The second-order valence-electron chi connectivity index (χ2n) is 8.21. The molecule has 0 saturated heterocycles. The van der Waals surface area contributed by atoms with Crippen molar-refractivity contribution in [1.29, 1.82) is 0 Å². The van der Waals surface area contributed by atoms with Crippen molar-refractivity contribution in [2.75, 3.05) is 19.1 Å². The van der Waals surface area contributed by atoms with Crippen LogP contribution in [-0.2, 0) is 14.3 Å². The smallest absolute Gasteiger partial charge is 0.296 e. The Kier molecular flexibility index (Phi) is 5.37. The van der Waals surface area contributed by atoms with Crippen LogP contribution in [0.2, 0.25) is 0 Å². The fraction of sp³-hybridized carbons (Fsp3) is 0.435. The van der Waals surface area contributed by atoms with Gasteiger partial charge in [0.05, 0.1) is 31.4 Å². The van der Waals surface area contributed by atoms with Gasteiger partial charge in [0, 0.05) is 16.3 Å². The first kappa shape index (κ1) is 21.3. The number of anilines is 1. The highest BCUT2D eigenvalue weighted by Crippen LogP contribution is 2.51. The predicted octanol–water partition coefficient (Wildman–Crippen LogP) is 4.19. The first-order valence-corrected chi connectivity index (χ1v) is 11.8. The van der Waals surface area contributed by atoms with Crippen LogP contribution in [0.4, 0.5) is 5.13 Å². The third kappa shape index (κ3) is 3.19. The van der Waals surface area contributed by atoms with E-state index in [9.17, 15) is 9.59 Å². The number of hydrogen-bond acceptors (Lipinski definition) is 7. The van der Waals surface area contributed by atoms with Gasteiger partial charge in [-0.3, -0.25) is 14.5 Å². The zero-order chi connectivity index (χ0) is 22.6. The molecule has 9 heteroatoms. The van der Waals surface area contributed by atoms with Gasteiger partial charge in [0.25, 0.3) is 5.91 Å². The molecule has 3 aliphatic rings. The highest BCUT2D eigenvalue weighted by Gasteiger charge is 2.54. The van der Waals surface area contributed by atoms with Gasteiger partial charge < -0.3 is 14.2 Å². The van der Waals surface area contributed by atoms with Crippen LogP contribution in [0.3, 0.4) is 0 Å². The SMILES string of the molecule is COc1cccc(C2C3=C(OC4CCC(Cl)CC4C3=O)C(=O)N2c2nc(C)cs2)c1OC. The molecule has 7 nitrogen and oxygen atoms in total. The van der Waals surface area contributed by atoms with Crippen molar-refractivity contribution in [3.8, 4) is 11.5 Å².